The molecule has 1 heterocycles. The Balaban J connectivity index is 1.29. The van der Waals surface area contributed by atoms with Gasteiger partial charge in [-0.2, -0.15) is 0 Å². The van der Waals surface area contributed by atoms with E-state index in [1.54, 1.807) is 0 Å². The summed E-state index contributed by atoms with van der Waals surface area (Å²) in [5.41, 5.74) is 4.09. The normalized spacial score (nSPS) is 17.8. The van der Waals surface area contributed by atoms with Gasteiger partial charge in [0.15, 0.2) is 19.5 Å². The van der Waals surface area contributed by atoms with E-state index < -0.39 is 25.1 Å². The zero-order valence-corrected chi connectivity index (χ0v) is 31.1. The zero-order chi connectivity index (χ0) is 32.2. The summed E-state index contributed by atoms with van der Waals surface area (Å²) in [5.74, 6) is 1.05. The lowest BCUT2D eigenvalue weighted by Gasteiger charge is -2.44. The monoisotopic (exact) mass is 651 g/mol. The van der Waals surface area contributed by atoms with E-state index in [-0.39, 0.29) is 11.7 Å². The van der Waals surface area contributed by atoms with Crippen LogP contribution >= 0.6 is 0 Å². The summed E-state index contributed by atoms with van der Waals surface area (Å²) in [7, 11) is -1.18. The van der Waals surface area contributed by atoms with E-state index >= 15 is 0 Å². The fraction of sp³-hybridized carbons (Fsp3) is 0.400. The highest BCUT2D eigenvalue weighted by atomic mass is 28.2. The molecule has 1 aliphatic rings. The van der Waals surface area contributed by atoms with E-state index in [2.05, 4.69) is 153 Å². The van der Waals surface area contributed by atoms with Crippen molar-refractivity contribution < 1.29 is 13.6 Å². The van der Waals surface area contributed by atoms with Crippen molar-refractivity contribution in [1.29, 1.82) is 0 Å². The van der Waals surface area contributed by atoms with Gasteiger partial charge >= 0.3 is 0 Å². The van der Waals surface area contributed by atoms with Crippen LogP contribution in [0.25, 0.3) is 0 Å². The Kier molecular flexibility index (Phi) is 12.6. The first-order valence-electron chi connectivity index (χ1n) is 17.3. The molecule has 0 spiro atoms. The van der Waals surface area contributed by atoms with Crippen LogP contribution in [-0.4, -0.2) is 57.0 Å². The summed E-state index contributed by atoms with van der Waals surface area (Å²) in [6.07, 6.45) is 3.20. The maximum atomic E-state index is 7.22. The molecule has 2 unspecified atom stereocenters. The molecule has 0 radical (unpaired) electrons. The number of rotatable bonds is 16. The Morgan fingerprint density at radius 1 is 0.696 bits per heavy atom. The number of hydrogen-bond donors (Lipinski definition) is 0. The minimum atomic E-state index is -0.668. The molecule has 1 fully saturated rings. The van der Waals surface area contributed by atoms with Crippen molar-refractivity contribution in [3.05, 3.63) is 144 Å². The molecule has 2 atom stereocenters. The van der Waals surface area contributed by atoms with Gasteiger partial charge in [-0.1, -0.05) is 148 Å². The second-order valence-corrected chi connectivity index (χ2v) is 15.1. The maximum absolute atomic E-state index is 7.22. The standard InChI is InChI=1S/C40H53NO3Si2/c1-32(30-42-40(35-19-11-6-12-20-35,36-21-13-7-14-22-36)37-23-15-8-16-24-37)34-25-27-41(28-26-34)31-39(2,38(43-45-3)44-46-4)29-33-17-9-5-10-18-33/h5-24,32,34,38H,25-31,45-46H2,1-4H3. The van der Waals surface area contributed by atoms with E-state index in [0.717, 1.165) is 42.7 Å². The molecule has 0 aromatic heterocycles. The van der Waals surface area contributed by atoms with Gasteiger partial charge in [-0.3, -0.25) is 0 Å². The lowest BCUT2D eigenvalue weighted by molar-refractivity contribution is -0.102. The van der Waals surface area contributed by atoms with Crippen LogP contribution in [0.4, 0.5) is 0 Å². The van der Waals surface area contributed by atoms with Gasteiger partial charge in [0, 0.05) is 12.0 Å². The van der Waals surface area contributed by atoms with Crippen LogP contribution in [0.2, 0.25) is 13.1 Å². The van der Waals surface area contributed by atoms with Gasteiger partial charge in [0.05, 0.1) is 6.61 Å². The van der Waals surface area contributed by atoms with Gasteiger partial charge < -0.3 is 18.5 Å². The lowest BCUT2D eigenvalue weighted by Crippen LogP contribution is -2.50. The Labute approximate surface area is 282 Å². The Hall–Kier alpha value is -2.85. The summed E-state index contributed by atoms with van der Waals surface area (Å²) in [5, 5.41) is 0. The molecule has 244 valence electrons. The van der Waals surface area contributed by atoms with E-state index in [1.165, 1.54) is 18.4 Å². The predicted octanol–water partition coefficient (Wildman–Crippen LogP) is 7.22. The first kappa shape index (κ1) is 34.5. The molecule has 0 N–H and O–H groups in total. The molecular formula is C40H53NO3Si2. The van der Waals surface area contributed by atoms with Crippen LogP contribution < -0.4 is 0 Å². The Morgan fingerprint density at radius 3 is 1.57 bits per heavy atom. The number of benzene rings is 4. The molecule has 4 aromatic carbocycles. The van der Waals surface area contributed by atoms with E-state index in [1.807, 2.05) is 0 Å². The summed E-state index contributed by atoms with van der Waals surface area (Å²) in [6, 6.07) is 43.1. The van der Waals surface area contributed by atoms with Gasteiger partial charge in [0.1, 0.15) is 11.9 Å². The topological polar surface area (TPSA) is 30.9 Å². The third-order valence-electron chi connectivity index (χ3n) is 9.78. The molecule has 5 rings (SSSR count). The minimum Gasteiger partial charge on any atom is -0.400 e. The quantitative estimate of drug-likeness (QED) is 0.0728. The highest BCUT2D eigenvalue weighted by molar-refractivity contribution is 6.26. The van der Waals surface area contributed by atoms with Crippen LogP contribution in [-0.2, 0) is 25.6 Å². The van der Waals surface area contributed by atoms with Crippen molar-refractivity contribution in [2.24, 2.45) is 17.3 Å². The fourth-order valence-corrected chi connectivity index (χ4v) is 9.18. The van der Waals surface area contributed by atoms with Gasteiger partial charge in [-0.05, 0) is 66.4 Å². The summed E-state index contributed by atoms with van der Waals surface area (Å²) in [4.78, 5) is 2.67. The fourth-order valence-electron chi connectivity index (χ4n) is 7.38. The SMILES string of the molecule is C[SiH2]OC(O[SiH2]C)C(C)(Cc1ccccc1)CN1CCC(C(C)COC(c2ccccc2)(c2ccccc2)c2ccccc2)CC1. The second-order valence-electron chi connectivity index (χ2n) is 13.2. The van der Waals surface area contributed by atoms with Crippen LogP contribution in [0.15, 0.2) is 121 Å². The molecule has 0 aliphatic carbocycles. The number of nitrogens with zero attached hydrogens (tertiary/aromatic N) is 1. The van der Waals surface area contributed by atoms with Crippen LogP contribution in [0.1, 0.15) is 48.9 Å². The van der Waals surface area contributed by atoms with Gasteiger partial charge in [-0.15, -0.1) is 0 Å². The number of likely N-dealkylation sites (tertiary alicyclic amines) is 1. The predicted molar refractivity (Wildman–Crippen MR) is 197 cm³/mol. The molecule has 1 aliphatic heterocycles. The largest absolute Gasteiger partial charge is 0.400 e. The highest BCUT2D eigenvalue weighted by Gasteiger charge is 2.40. The Bertz CT molecular complexity index is 1320. The smallest absolute Gasteiger partial charge is 0.161 e. The molecule has 6 heteroatoms. The van der Waals surface area contributed by atoms with Crippen LogP contribution in [0.5, 0.6) is 0 Å². The van der Waals surface area contributed by atoms with Crippen molar-refractivity contribution in [2.45, 2.75) is 58.1 Å². The number of piperidine rings is 1. The van der Waals surface area contributed by atoms with Gasteiger partial charge in [0.25, 0.3) is 0 Å². The first-order valence-corrected chi connectivity index (χ1v) is 21.3. The average Bonchev–Trinajstić information content (AvgIpc) is 3.10. The maximum Gasteiger partial charge on any atom is 0.161 e. The lowest BCUT2D eigenvalue weighted by atomic mass is 9.79. The van der Waals surface area contributed by atoms with Crippen molar-refractivity contribution in [2.75, 3.05) is 26.2 Å². The summed E-state index contributed by atoms with van der Waals surface area (Å²) < 4.78 is 20.0. The van der Waals surface area contributed by atoms with Gasteiger partial charge in [0.2, 0.25) is 0 Å². The molecule has 1 saturated heterocycles. The van der Waals surface area contributed by atoms with E-state index in [0.29, 0.717) is 18.4 Å². The zero-order valence-electron chi connectivity index (χ0n) is 28.3. The molecule has 0 saturated carbocycles. The third-order valence-corrected chi connectivity index (χ3v) is 11.1. The van der Waals surface area contributed by atoms with Crippen molar-refractivity contribution in [3.8, 4) is 0 Å². The molecule has 0 bridgehead atoms. The van der Waals surface area contributed by atoms with Crippen LogP contribution in [0.3, 0.4) is 0 Å². The third kappa shape index (κ3) is 8.35. The van der Waals surface area contributed by atoms with Gasteiger partial charge in [-0.25, -0.2) is 0 Å². The van der Waals surface area contributed by atoms with E-state index in [4.69, 9.17) is 13.6 Å². The average molecular weight is 652 g/mol. The molecule has 0 amide bonds. The van der Waals surface area contributed by atoms with E-state index in [9.17, 15) is 0 Å². The Morgan fingerprint density at radius 2 is 1.13 bits per heavy atom. The highest BCUT2D eigenvalue weighted by Crippen LogP contribution is 2.42. The minimum absolute atomic E-state index is 0.0877. The molecular weight excluding hydrogens is 599 g/mol. The van der Waals surface area contributed by atoms with Crippen molar-refractivity contribution in [3.63, 3.8) is 0 Å². The number of ether oxygens (including phenoxy) is 1. The first-order chi connectivity index (χ1) is 22.5. The summed E-state index contributed by atoms with van der Waals surface area (Å²) in [6.45, 7) is 13.1. The molecule has 4 nitrogen and oxygen atoms in total. The molecule has 46 heavy (non-hydrogen) atoms. The number of hydrogen-bond acceptors (Lipinski definition) is 4. The van der Waals surface area contributed by atoms with Crippen molar-refractivity contribution >= 4 is 19.5 Å². The van der Waals surface area contributed by atoms with Crippen LogP contribution in [0, 0.1) is 17.3 Å². The summed E-state index contributed by atoms with van der Waals surface area (Å²) >= 11 is 0. The molecule has 4 aromatic rings. The second kappa shape index (κ2) is 16.8. The van der Waals surface area contributed by atoms with Crippen molar-refractivity contribution in [1.82, 2.24) is 4.90 Å².